The first-order valence-electron chi connectivity index (χ1n) is 9.04. The number of amides is 2. The van der Waals surface area contributed by atoms with Gasteiger partial charge in [-0.3, -0.25) is 9.59 Å². The highest BCUT2D eigenvalue weighted by Gasteiger charge is 2.48. The number of hydrogen-bond donors (Lipinski definition) is 2. The maximum atomic E-state index is 12.3. The molecule has 1 saturated carbocycles. The van der Waals surface area contributed by atoms with Gasteiger partial charge in [0.25, 0.3) is 0 Å². The summed E-state index contributed by atoms with van der Waals surface area (Å²) in [5.41, 5.74) is 2.70. The Bertz CT molecular complexity index is 769. The Kier molecular flexibility index (Phi) is 5.56. The van der Waals surface area contributed by atoms with Gasteiger partial charge in [-0.05, 0) is 61.7 Å². The highest BCUT2D eigenvalue weighted by Crippen LogP contribution is 2.40. The monoisotopic (exact) mass is 352 g/mol. The molecule has 5 heteroatoms. The van der Waals surface area contributed by atoms with Crippen molar-refractivity contribution in [3.05, 3.63) is 54.1 Å². The molecule has 2 atom stereocenters. The molecule has 2 unspecified atom stereocenters. The van der Waals surface area contributed by atoms with Crippen LogP contribution in [0.2, 0.25) is 0 Å². The Hall–Kier alpha value is -2.82. The van der Waals surface area contributed by atoms with Gasteiger partial charge in [0.15, 0.2) is 0 Å². The number of ether oxygens (including phenoxy) is 1. The number of hydrogen-bond acceptors (Lipinski definition) is 3. The second kappa shape index (κ2) is 8.04. The zero-order valence-corrected chi connectivity index (χ0v) is 15.1. The first-order chi connectivity index (χ1) is 12.6. The SMILES string of the molecule is CCOc1ccc(NC(=O)C2CC2C(=O)Nc2ccc(CC)cc2)cc1. The maximum absolute atomic E-state index is 12.3. The summed E-state index contributed by atoms with van der Waals surface area (Å²) in [6.45, 7) is 4.61. The number of carbonyl (C=O) groups is 2. The second-order valence-corrected chi connectivity index (χ2v) is 6.44. The summed E-state index contributed by atoms with van der Waals surface area (Å²) in [5.74, 6) is 0.0278. The van der Waals surface area contributed by atoms with E-state index < -0.39 is 0 Å². The van der Waals surface area contributed by atoms with Gasteiger partial charge in [0, 0.05) is 11.4 Å². The minimum Gasteiger partial charge on any atom is -0.494 e. The second-order valence-electron chi connectivity index (χ2n) is 6.44. The highest BCUT2D eigenvalue weighted by molar-refractivity contribution is 6.03. The molecular formula is C21H24N2O3. The number of aryl methyl sites for hydroxylation is 1. The van der Waals surface area contributed by atoms with Crippen LogP contribution in [0.1, 0.15) is 25.8 Å². The van der Waals surface area contributed by atoms with Crippen LogP contribution in [0.4, 0.5) is 11.4 Å². The molecule has 0 spiro atoms. The quantitative estimate of drug-likeness (QED) is 0.795. The zero-order valence-electron chi connectivity index (χ0n) is 15.1. The molecule has 0 heterocycles. The molecule has 5 nitrogen and oxygen atoms in total. The van der Waals surface area contributed by atoms with E-state index in [0.717, 1.165) is 17.9 Å². The van der Waals surface area contributed by atoms with Gasteiger partial charge in [0.2, 0.25) is 11.8 Å². The fourth-order valence-corrected chi connectivity index (χ4v) is 2.87. The summed E-state index contributed by atoms with van der Waals surface area (Å²) in [7, 11) is 0. The van der Waals surface area contributed by atoms with Crippen LogP contribution in [0.25, 0.3) is 0 Å². The number of anilines is 2. The molecular weight excluding hydrogens is 328 g/mol. The fourth-order valence-electron chi connectivity index (χ4n) is 2.87. The van der Waals surface area contributed by atoms with Gasteiger partial charge in [-0.15, -0.1) is 0 Å². The van der Waals surface area contributed by atoms with E-state index in [1.807, 2.05) is 43.3 Å². The molecule has 0 bridgehead atoms. The normalized spacial score (nSPS) is 18.1. The van der Waals surface area contributed by atoms with Gasteiger partial charge in [0.1, 0.15) is 5.75 Å². The Morgan fingerprint density at radius 3 is 1.85 bits per heavy atom. The largest absolute Gasteiger partial charge is 0.494 e. The predicted octanol–water partition coefficient (Wildman–Crippen LogP) is 3.86. The van der Waals surface area contributed by atoms with E-state index in [-0.39, 0.29) is 23.7 Å². The molecule has 1 aliphatic rings. The Labute approximate surface area is 153 Å². The van der Waals surface area contributed by atoms with Gasteiger partial charge < -0.3 is 15.4 Å². The van der Waals surface area contributed by atoms with E-state index in [2.05, 4.69) is 17.6 Å². The molecule has 0 saturated heterocycles. The van der Waals surface area contributed by atoms with Gasteiger partial charge in [0.05, 0.1) is 18.4 Å². The predicted molar refractivity (Wildman–Crippen MR) is 102 cm³/mol. The molecule has 0 radical (unpaired) electrons. The van der Waals surface area contributed by atoms with E-state index in [9.17, 15) is 9.59 Å². The summed E-state index contributed by atoms with van der Waals surface area (Å²) < 4.78 is 5.38. The van der Waals surface area contributed by atoms with Gasteiger partial charge >= 0.3 is 0 Å². The van der Waals surface area contributed by atoms with Crippen LogP contribution in [0.15, 0.2) is 48.5 Å². The lowest BCUT2D eigenvalue weighted by molar-refractivity contribution is -0.122. The Morgan fingerprint density at radius 1 is 0.885 bits per heavy atom. The van der Waals surface area contributed by atoms with Crippen molar-refractivity contribution in [2.75, 3.05) is 17.2 Å². The van der Waals surface area contributed by atoms with Crippen molar-refractivity contribution >= 4 is 23.2 Å². The number of rotatable bonds is 7. The lowest BCUT2D eigenvalue weighted by Gasteiger charge is -2.08. The number of nitrogens with one attached hydrogen (secondary N) is 2. The maximum Gasteiger partial charge on any atom is 0.228 e. The lowest BCUT2D eigenvalue weighted by Crippen LogP contribution is -2.20. The van der Waals surface area contributed by atoms with E-state index in [1.54, 1.807) is 12.1 Å². The molecule has 0 aromatic heterocycles. The third kappa shape index (κ3) is 4.42. The van der Waals surface area contributed by atoms with Crippen molar-refractivity contribution in [3.63, 3.8) is 0 Å². The van der Waals surface area contributed by atoms with Gasteiger partial charge in [-0.2, -0.15) is 0 Å². The molecule has 2 aromatic carbocycles. The fraction of sp³-hybridized carbons (Fsp3) is 0.333. The molecule has 26 heavy (non-hydrogen) atoms. The van der Waals surface area contributed by atoms with E-state index >= 15 is 0 Å². The van der Waals surface area contributed by atoms with Crippen molar-refractivity contribution in [1.82, 2.24) is 0 Å². The molecule has 2 aromatic rings. The topological polar surface area (TPSA) is 67.4 Å². The van der Waals surface area contributed by atoms with Crippen LogP contribution in [0, 0.1) is 11.8 Å². The van der Waals surface area contributed by atoms with E-state index in [4.69, 9.17) is 4.74 Å². The summed E-state index contributed by atoms with van der Waals surface area (Å²) in [5, 5.41) is 5.75. The third-order valence-electron chi connectivity index (χ3n) is 4.53. The summed E-state index contributed by atoms with van der Waals surface area (Å²) in [6.07, 6.45) is 1.55. The standard InChI is InChI=1S/C21H24N2O3/c1-3-14-5-7-15(8-6-14)22-20(24)18-13-19(18)21(25)23-16-9-11-17(12-10-16)26-4-2/h5-12,18-19H,3-4,13H2,1-2H3,(H,22,24)(H,23,25). The highest BCUT2D eigenvalue weighted by atomic mass is 16.5. The van der Waals surface area contributed by atoms with Crippen molar-refractivity contribution in [2.24, 2.45) is 11.8 Å². The number of carbonyl (C=O) groups excluding carboxylic acids is 2. The third-order valence-corrected chi connectivity index (χ3v) is 4.53. The van der Waals surface area contributed by atoms with Crippen LogP contribution in [-0.4, -0.2) is 18.4 Å². The Balaban J connectivity index is 1.50. The van der Waals surface area contributed by atoms with Gasteiger partial charge in [-0.1, -0.05) is 19.1 Å². The minimum atomic E-state index is -0.267. The summed E-state index contributed by atoms with van der Waals surface area (Å²) >= 11 is 0. The molecule has 2 amide bonds. The lowest BCUT2D eigenvalue weighted by atomic mass is 10.1. The van der Waals surface area contributed by atoms with Crippen LogP contribution in [0.5, 0.6) is 5.75 Å². The van der Waals surface area contributed by atoms with E-state index in [0.29, 0.717) is 18.7 Å². The smallest absolute Gasteiger partial charge is 0.228 e. The molecule has 1 aliphatic carbocycles. The van der Waals surface area contributed by atoms with Crippen molar-refractivity contribution in [2.45, 2.75) is 26.7 Å². The summed E-state index contributed by atoms with van der Waals surface area (Å²) in [6, 6.07) is 15.0. The van der Waals surface area contributed by atoms with Crippen molar-refractivity contribution in [1.29, 1.82) is 0 Å². The molecule has 136 valence electrons. The number of benzene rings is 2. The molecule has 3 rings (SSSR count). The van der Waals surface area contributed by atoms with Crippen LogP contribution < -0.4 is 15.4 Å². The molecule has 2 N–H and O–H groups in total. The van der Waals surface area contributed by atoms with E-state index in [1.165, 1.54) is 5.56 Å². The first kappa shape index (κ1) is 18.0. The molecule has 0 aliphatic heterocycles. The zero-order chi connectivity index (χ0) is 18.5. The average molecular weight is 352 g/mol. The Morgan fingerprint density at radius 2 is 1.38 bits per heavy atom. The van der Waals surface area contributed by atoms with Crippen LogP contribution in [-0.2, 0) is 16.0 Å². The van der Waals surface area contributed by atoms with Crippen molar-refractivity contribution < 1.29 is 14.3 Å². The van der Waals surface area contributed by atoms with Crippen LogP contribution in [0.3, 0.4) is 0 Å². The molecule has 1 fully saturated rings. The van der Waals surface area contributed by atoms with Crippen molar-refractivity contribution in [3.8, 4) is 5.75 Å². The summed E-state index contributed by atoms with van der Waals surface area (Å²) in [4.78, 5) is 24.6. The minimum absolute atomic E-state index is 0.0962. The first-order valence-corrected chi connectivity index (χ1v) is 9.04. The van der Waals surface area contributed by atoms with Gasteiger partial charge in [-0.25, -0.2) is 0 Å². The van der Waals surface area contributed by atoms with Crippen LogP contribution >= 0.6 is 0 Å². The average Bonchev–Trinajstić information content (AvgIpc) is 3.45.